The summed E-state index contributed by atoms with van der Waals surface area (Å²) in [5, 5.41) is 13.0. The van der Waals surface area contributed by atoms with E-state index < -0.39 is 0 Å². The zero-order valence-electron chi connectivity index (χ0n) is 7.83. The molecule has 0 aromatic heterocycles. The molecule has 1 heterocycles. The Balaban J connectivity index is 2.29. The third kappa shape index (κ3) is 1.60. The maximum Gasteiger partial charge on any atom is 0.0747 e. The number of nitrogens with one attached hydrogen (secondary N) is 1. The van der Waals surface area contributed by atoms with Gasteiger partial charge in [0, 0.05) is 0 Å². The normalized spacial score (nSPS) is 27.8. The van der Waals surface area contributed by atoms with E-state index in [9.17, 15) is 5.11 Å². The topological polar surface area (TPSA) is 32.3 Å². The molecule has 1 aromatic carbocycles. The van der Waals surface area contributed by atoms with Crippen molar-refractivity contribution in [1.29, 1.82) is 0 Å². The molecule has 1 fully saturated rings. The first-order valence-corrected chi connectivity index (χ1v) is 4.76. The first-order valence-electron chi connectivity index (χ1n) is 4.76. The molecule has 2 N–H and O–H groups in total. The van der Waals surface area contributed by atoms with Crippen LogP contribution >= 0.6 is 0 Å². The molecule has 0 aliphatic carbocycles. The van der Waals surface area contributed by atoms with Gasteiger partial charge in [-0.3, -0.25) is 0 Å². The average Bonchev–Trinajstić information content (AvgIpc) is 2.52. The maximum atomic E-state index is 9.70. The van der Waals surface area contributed by atoms with Gasteiger partial charge in [-0.05, 0) is 31.0 Å². The fourth-order valence-electron chi connectivity index (χ4n) is 1.94. The van der Waals surface area contributed by atoms with E-state index in [4.69, 9.17) is 0 Å². The van der Waals surface area contributed by atoms with Gasteiger partial charge in [0.05, 0.1) is 12.1 Å². The summed E-state index contributed by atoms with van der Waals surface area (Å²) in [5.41, 5.74) is 2.48. The van der Waals surface area contributed by atoms with Crippen LogP contribution in [0.3, 0.4) is 0 Å². The van der Waals surface area contributed by atoms with Crippen molar-refractivity contribution in [3.63, 3.8) is 0 Å². The van der Waals surface area contributed by atoms with Crippen LogP contribution < -0.4 is 5.32 Å². The molecule has 0 amide bonds. The molecule has 2 nitrogen and oxygen atoms in total. The predicted molar refractivity (Wildman–Crippen MR) is 52.5 cm³/mol. The van der Waals surface area contributed by atoms with E-state index in [1.165, 1.54) is 11.1 Å². The lowest BCUT2D eigenvalue weighted by Gasteiger charge is -2.17. The fourth-order valence-corrected chi connectivity index (χ4v) is 1.94. The van der Waals surface area contributed by atoms with Gasteiger partial charge in [-0.2, -0.15) is 0 Å². The van der Waals surface area contributed by atoms with Crippen LogP contribution in [0.1, 0.15) is 23.6 Å². The van der Waals surface area contributed by atoms with Gasteiger partial charge in [-0.1, -0.05) is 24.3 Å². The van der Waals surface area contributed by atoms with Crippen LogP contribution in [0.15, 0.2) is 24.3 Å². The van der Waals surface area contributed by atoms with Gasteiger partial charge in [0.25, 0.3) is 0 Å². The molecular weight excluding hydrogens is 162 g/mol. The van der Waals surface area contributed by atoms with E-state index in [-0.39, 0.29) is 12.1 Å². The second kappa shape index (κ2) is 3.48. The minimum atomic E-state index is -0.221. The van der Waals surface area contributed by atoms with Crippen LogP contribution in [0.4, 0.5) is 0 Å². The molecule has 70 valence electrons. The van der Waals surface area contributed by atoms with Gasteiger partial charge in [0.1, 0.15) is 0 Å². The Labute approximate surface area is 78.6 Å². The van der Waals surface area contributed by atoms with E-state index in [0.717, 1.165) is 13.0 Å². The number of benzene rings is 1. The lowest BCUT2D eigenvalue weighted by Crippen LogP contribution is -2.21. The highest BCUT2D eigenvalue weighted by atomic mass is 16.3. The number of aliphatic hydroxyl groups is 1. The Morgan fingerprint density at radius 2 is 2.15 bits per heavy atom. The summed E-state index contributed by atoms with van der Waals surface area (Å²) < 4.78 is 0. The van der Waals surface area contributed by atoms with E-state index >= 15 is 0 Å². The Morgan fingerprint density at radius 3 is 2.77 bits per heavy atom. The Morgan fingerprint density at radius 1 is 1.38 bits per heavy atom. The Kier molecular flexibility index (Phi) is 2.34. The molecule has 2 rings (SSSR count). The minimum absolute atomic E-state index is 0.140. The van der Waals surface area contributed by atoms with E-state index in [0.29, 0.717) is 0 Å². The molecule has 0 unspecified atom stereocenters. The summed E-state index contributed by atoms with van der Waals surface area (Å²) in [7, 11) is 0. The summed E-state index contributed by atoms with van der Waals surface area (Å²) in [6, 6.07) is 8.36. The molecule has 0 spiro atoms. The van der Waals surface area contributed by atoms with Gasteiger partial charge in [0.15, 0.2) is 0 Å². The van der Waals surface area contributed by atoms with Gasteiger partial charge in [0.2, 0.25) is 0 Å². The lowest BCUT2D eigenvalue weighted by molar-refractivity contribution is 0.160. The molecule has 1 aliphatic rings. The van der Waals surface area contributed by atoms with Crippen molar-refractivity contribution in [2.24, 2.45) is 0 Å². The number of aryl methyl sites for hydroxylation is 1. The summed E-state index contributed by atoms with van der Waals surface area (Å²) in [5.74, 6) is 0. The second-order valence-corrected chi connectivity index (χ2v) is 3.64. The van der Waals surface area contributed by atoms with Crippen molar-refractivity contribution in [1.82, 2.24) is 5.32 Å². The minimum Gasteiger partial charge on any atom is -0.391 e. The van der Waals surface area contributed by atoms with Crippen molar-refractivity contribution in [2.45, 2.75) is 25.5 Å². The lowest BCUT2D eigenvalue weighted by atomic mass is 9.98. The highest BCUT2D eigenvalue weighted by molar-refractivity contribution is 5.30. The molecule has 2 heteroatoms. The summed E-state index contributed by atoms with van der Waals surface area (Å²) in [4.78, 5) is 0. The van der Waals surface area contributed by atoms with Gasteiger partial charge in [-0.15, -0.1) is 0 Å². The zero-order chi connectivity index (χ0) is 9.26. The van der Waals surface area contributed by atoms with Crippen LogP contribution in [0.2, 0.25) is 0 Å². The fraction of sp³-hybridized carbons (Fsp3) is 0.455. The van der Waals surface area contributed by atoms with Gasteiger partial charge in [-0.25, -0.2) is 0 Å². The van der Waals surface area contributed by atoms with Crippen molar-refractivity contribution < 1.29 is 5.11 Å². The number of aliphatic hydroxyl groups excluding tert-OH is 1. The maximum absolute atomic E-state index is 9.70. The van der Waals surface area contributed by atoms with E-state index in [1.54, 1.807) is 0 Å². The molecule has 1 aromatic rings. The van der Waals surface area contributed by atoms with Crippen LogP contribution in [-0.4, -0.2) is 17.8 Å². The first-order chi connectivity index (χ1) is 6.29. The highest BCUT2D eigenvalue weighted by Crippen LogP contribution is 2.25. The third-order valence-corrected chi connectivity index (χ3v) is 2.71. The van der Waals surface area contributed by atoms with Crippen molar-refractivity contribution in [2.75, 3.05) is 6.54 Å². The Hall–Kier alpha value is -0.860. The van der Waals surface area contributed by atoms with E-state index in [1.807, 2.05) is 12.1 Å². The molecule has 0 bridgehead atoms. The monoisotopic (exact) mass is 177 g/mol. The van der Waals surface area contributed by atoms with Crippen LogP contribution in [0.25, 0.3) is 0 Å². The van der Waals surface area contributed by atoms with Crippen molar-refractivity contribution in [3.8, 4) is 0 Å². The predicted octanol–water partition coefficient (Wildman–Crippen LogP) is 1.39. The second-order valence-electron chi connectivity index (χ2n) is 3.64. The zero-order valence-corrected chi connectivity index (χ0v) is 7.83. The molecule has 1 saturated heterocycles. The quantitative estimate of drug-likeness (QED) is 0.679. The average molecular weight is 177 g/mol. The smallest absolute Gasteiger partial charge is 0.0747 e. The van der Waals surface area contributed by atoms with Gasteiger partial charge < -0.3 is 10.4 Å². The largest absolute Gasteiger partial charge is 0.391 e. The van der Waals surface area contributed by atoms with Crippen LogP contribution in [0, 0.1) is 6.92 Å². The first kappa shape index (κ1) is 8.73. The molecule has 0 saturated carbocycles. The molecule has 13 heavy (non-hydrogen) atoms. The Bertz CT molecular complexity index is 298. The summed E-state index contributed by atoms with van der Waals surface area (Å²) in [6.07, 6.45) is 0.639. The molecule has 1 aliphatic heterocycles. The number of hydrogen-bond acceptors (Lipinski definition) is 2. The molecular formula is C11H15NO. The summed E-state index contributed by atoms with van der Waals surface area (Å²) in [6.45, 7) is 3.00. The van der Waals surface area contributed by atoms with Gasteiger partial charge >= 0.3 is 0 Å². The third-order valence-electron chi connectivity index (χ3n) is 2.71. The number of rotatable bonds is 1. The number of hydrogen-bond donors (Lipinski definition) is 2. The van der Waals surface area contributed by atoms with Crippen molar-refractivity contribution in [3.05, 3.63) is 35.4 Å². The van der Waals surface area contributed by atoms with Crippen LogP contribution in [-0.2, 0) is 0 Å². The standard InChI is InChI=1S/C11H15NO/c1-8-4-2-3-5-9(8)11-10(13)6-7-12-11/h2-5,10-13H,6-7H2,1H3/t10-,11+/m1/s1. The summed E-state index contributed by atoms with van der Waals surface area (Å²) >= 11 is 0. The van der Waals surface area contributed by atoms with E-state index in [2.05, 4.69) is 24.4 Å². The molecule has 0 radical (unpaired) electrons. The molecule has 2 atom stereocenters. The highest BCUT2D eigenvalue weighted by Gasteiger charge is 2.26. The SMILES string of the molecule is Cc1ccccc1[C@@H]1NCC[C@H]1O. The van der Waals surface area contributed by atoms with Crippen LogP contribution in [0.5, 0.6) is 0 Å². The van der Waals surface area contributed by atoms with Crippen molar-refractivity contribution >= 4 is 0 Å².